The lowest BCUT2D eigenvalue weighted by molar-refractivity contribution is -0.274. The van der Waals surface area contributed by atoms with Gasteiger partial charge in [0.1, 0.15) is 17.7 Å². The molecule has 1 aromatic carbocycles. The minimum atomic E-state index is -4.80. The van der Waals surface area contributed by atoms with E-state index in [-0.39, 0.29) is 17.6 Å². The molecule has 1 aliphatic heterocycles. The number of halogens is 3. The van der Waals surface area contributed by atoms with Gasteiger partial charge in [-0.1, -0.05) is 6.07 Å². The Kier molecular flexibility index (Phi) is 5.71. The molecule has 1 aliphatic rings. The number of aryl methyl sites for hydroxylation is 2. The summed E-state index contributed by atoms with van der Waals surface area (Å²) in [7, 11) is 0. The molecule has 2 heterocycles. The Morgan fingerprint density at radius 2 is 1.86 bits per heavy atom. The third kappa shape index (κ3) is 5.34. The summed E-state index contributed by atoms with van der Waals surface area (Å²) in [5.41, 5.74) is 0.972. The van der Waals surface area contributed by atoms with E-state index in [1.54, 1.807) is 17.9 Å². The Balaban J connectivity index is 1.58. The summed E-state index contributed by atoms with van der Waals surface area (Å²) in [6.07, 6.45) is -3.67. The smallest absolute Gasteiger partial charge is 0.474 e. The fraction of sp³-hybridized carbons (Fsp3) is 0.421. The van der Waals surface area contributed by atoms with Crippen LogP contribution in [0.25, 0.3) is 0 Å². The summed E-state index contributed by atoms with van der Waals surface area (Å²) in [5.74, 6) is 0.390. The van der Waals surface area contributed by atoms with Crippen LogP contribution in [0, 0.1) is 13.8 Å². The Morgan fingerprint density at radius 3 is 2.50 bits per heavy atom. The molecule has 0 spiro atoms. The van der Waals surface area contributed by atoms with Crippen molar-refractivity contribution in [3.63, 3.8) is 0 Å². The molecule has 6 nitrogen and oxygen atoms in total. The van der Waals surface area contributed by atoms with Crippen molar-refractivity contribution in [3.8, 4) is 11.6 Å². The second-order valence-electron chi connectivity index (χ2n) is 6.58. The molecular formula is C19H20F3N3O3. The highest BCUT2D eigenvalue weighted by Crippen LogP contribution is 2.25. The Labute approximate surface area is 160 Å². The van der Waals surface area contributed by atoms with Gasteiger partial charge in [-0.2, -0.15) is 4.98 Å². The topological polar surface area (TPSA) is 64.5 Å². The van der Waals surface area contributed by atoms with E-state index < -0.39 is 12.1 Å². The minimum absolute atomic E-state index is 0.0855. The van der Waals surface area contributed by atoms with Crippen LogP contribution in [-0.2, 0) is 0 Å². The number of ether oxygens (including phenoxy) is 2. The maximum absolute atomic E-state index is 12.6. The van der Waals surface area contributed by atoms with Gasteiger partial charge < -0.3 is 14.4 Å². The van der Waals surface area contributed by atoms with Gasteiger partial charge in [-0.05, 0) is 32.0 Å². The second-order valence-corrected chi connectivity index (χ2v) is 6.58. The van der Waals surface area contributed by atoms with E-state index in [2.05, 4.69) is 14.7 Å². The largest absolute Gasteiger partial charge is 0.573 e. The molecule has 0 radical (unpaired) electrons. The molecule has 9 heteroatoms. The van der Waals surface area contributed by atoms with Crippen molar-refractivity contribution in [3.05, 3.63) is 47.4 Å². The van der Waals surface area contributed by atoms with Crippen LogP contribution < -0.4 is 9.47 Å². The first-order chi connectivity index (χ1) is 13.2. The van der Waals surface area contributed by atoms with Crippen LogP contribution in [0.5, 0.6) is 11.6 Å². The van der Waals surface area contributed by atoms with Crippen molar-refractivity contribution < 1.29 is 27.4 Å². The zero-order chi connectivity index (χ0) is 20.3. The molecule has 0 atom stereocenters. The van der Waals surface area contributed by atoms with Crippen molar-refractivity contribution in [2.75, 3.05) is 13.1 Å². The lowest BCUT2D eigenvalue weighted by Gasteiger charge is -2.32. The average molecular weight is 395 g/mol. The Hall–Kier alpha value is -2.84. The molecule has 1 aromatic heterocycles. The van der Waals surface area contributed by atoms with Gasteiger partial charge in [0.25, 0.3) is 5.91 Å². The predicted octanol–water partition coefficient (Wildman–Crippen LogP) is 3.68. The van der Waals surface area contributed by atoms with E-state index in [9.17, 15) is 18.0 Å². The molecule has 2 aromatic rings. The van der Waals surface area contributed by atoms with Gasteiger partial charge in [-0.3, -0.25) is 4.79 Å². The normalized spacial score (nSPS) is 15.4. The number of amides is 1. The number of alkyl halides is 3. The van der Waals surface area contributed by atoms with Gasteiger partial charge >= 0.3 is 6.36 Å². The number of carbonyl (C=O) groups is 1. The third-order valence-electron chi connectivity index (χ3n) is 4.27. The van der Waals surface area contributed by atoms with E-state index in [1.165, 1.54) is 12.1 Å². The van der Waals surface area contributed by atoms with Crippen LogP contribution in [0.15, 0.2) is 30.3 Å². The third-order valence-corrected chi connectivity index (χ3v) is 4.27. The lowest BCUT2D eigenvalue weighted by Crippen LogP contribution is -2.41. The van der Waals surface area contributed by atoms with Gasteiger partial charge in [0.15, 0.2) is 0 Å². The summed E-state index contributed by atoms with van der Waals surface area (Å²) in [6.45, 7) is 4.53. The number of hydrogen-bond acceptors (Lipinski definition) is 5. The van der Waals surface area contributed by atoms with E-state index in [1.807, 2.05) is 6.92 Å². The molecule has 0 saturated carbocycles. The van der Waals surface area contributed by atoms with Gasteiger partial charge in [0.05, 0.1) is 0 Å². The minimum Gasteiger partial charge on any atom is -0.474 e. The molecule has 1 amide bonds. The van der Waals surface area contributed by atoms with E-state index in [4.69, 9.17) is 4.74 Å². The summed E-state index contributed by atoms with van der Waals surface area (Å²) in [4.78, 5) is 22.6. The van der Waals surface area contributed by atoms with Gasteiger partial charge in [-0.25, -0.2) is 4.98 Å². The van der Waals surface area contributed by atoms with Crippen molar-refractivity contribution in [1.82, 2.24) is 14.9 Å². The highest BCUT2D eigenvalue weighted by molar-refractivity contribution is 5.94. The van der Waals surface area contributed by atoms with E-state index >= 15 is 0 Å². The first kappa shape index (κ1) is 19.9. The summed E-state index contributed by atoms with van der Waals surface area (Å²) < 4.78 is 46.9. The average Bonchev–Trinajstić information content (AvgIpc) is 2.60. The van der Waals surface area contributed by atoms with Gasteiger partial charge in [0.2, 0.25) is 5.88 Å². The number of hydrogen-bond donors (Lipinski definition) is 0. The molecule has 1 saturated heterocycles. The maximum Gasteiger partial charge on any atom is 0.573 e. The van der Waals surface area contributed by atoms with E-state index in [0.717, 1.165) is 17.8 Å². The zero-order valence-electron chi connectivity index (χ0n) is 15.5. The predicted molar refractivity (Wildman–Crippen MR) is 94.2 cm³/mol. The molecule has 0 N–H and O–H groups in total. The van der Waals surface area contributed by atoms with E-state index in [0.29, 0.717) is 37.6 Å². The quantitative estimate of drug-likeness (QED) is 0.790. The monoisotopic (exact) mass is 395 g/mol. The van der Waals surface area contributed by atoms with Gasteiger partial charge in [0, 0.05) is 43.3 Å². The first-order valence-corrected chi connectivity index (χ1v) is 8.83. The van der Waals surface area contributed by atoms with Crippen molar-refractivity contribution in [2.24, 2.45) is 0 Å². The van der Waals surface area contributed by atoms with Crippen LogP contribution >= 0.6 is 0 Å². The number of piperidine rings is 1. The zero-order valence-corrected chi connectivity index (χ0v) is 15.5. The highest BCUT2D eigenvalue weighted by Gasteiger charge is 2.31. The second kappa shape index (κ2) is 8.04. The van der Waals surface area contributed by atoms with Crippen molar-refractivity contribution >= 4 is 5.91 Å². The maximum atomic E-state index is 12.6. The van der Waals surface area contributed by atoms with Crippen LogP contribution in [0.1, 0.15) is 34.7 Å². The van der Waals surface area contributed by atoms with Crippen molar-refractivity contribution in [2.45, 2.75) is 39.2 Å². The Bertz CT molecular complexity index is 830. The van der Waals surface area contributed by atoms with Crippen molar-refractivity contribution in [1.29, 1.82) is 0 Å². The number of benzene rings is 1. The van der Waals surface area contributed by atoms with Crippen LogP contribution in [0.2, 0.25) is 0 Å². The number of aromatic nitrogens is 2. The summed E-state index contributed by atoms with van der Waals surface area (Å²) >= 11 is 0. The molecule has 150 valence electrons. The highest BCUT2D eigenvalue weighted by atomic mass is 19.4. The van der Waals surface area contributed by atoms with Gasteiger partial charge in [-0.15, -0.1) is 13.2 Å². The number of rotatable bonds is 4. The molecule has 28 heavy (non-hydrogen) atoms. The number of nitrogens with zero attached hydrogens (tertiary/aromatic N) is 3. The molecule has 0 aliphatic carbocycles. The van der Waals surface area contributed by atoms with Crippen LogP contribution in [0.3, 0.4) is 0 Å². The summed E-state index contributed by atoms with van der Waals surface area (Å²) in [5, 5.41) is 0. The number of likely N-dealkylation sites (tertiary alicyclic amines) is 1. The fourth-order valence-corrected chi connectivity index (χ4v) is 3.10. The Morgan fingerprint density at radius 1 is 1.14 bits per heavy atom. The molecule has 0 unspecified atom stereocenters. The molecule has 3 rings (SSSR count). The fourth-order valence-electron chi connectivity index (χ4n) is 3.10. The lowest BCUT2D eigenvalue weighted by atomic mass is 10.1. The SMILES string of the molecule is Cc1cc(OC2CCN(C(=O)c3cccc(OC(F)(F)F)c3)CC2)nc(C)n1. The molecule has 0 bridgehead atoms. The first-order valence-electron chi connectivity index (χ1n) is 8.83. The summed E-state index contributed by atoms with van der Waals surface area (Å²) in [6, 6.07) is 6.86. The van der Waals surface area contributed by atoms with Crippen LogP contribution in [0.4, 0.5) is 13.2 Å². The molecular weight excluding hydrogens is 375 g/mol. The van der Waals surface area contributed by atoms with Crippen LogP contribution in [-0.4, -0.2) is 46.3 Å². The molecule has 1 fully saturated rings. The number of carbonyl (C=O) groups excluding carboxylic acids is 1. The standard InChI is InChI=1S/C19H20F3N3O3/c1-12-10-17(24-13(2)23-12)27-15-6-8-25(9-7-15)18(26)14-4-3-5-16(11-14)28-19(20,21)22/h3-5,10-11,15H,6-9H2,1-2H3.